The lowest BCUT2D eigenvalue weighted by molar-refractivity contribution is 0.106. The molecule has 7 heteroatoms. The molecule has 0 aliphatic carbocycles. The molecule has 0 heterocycles. The highest BCUT2D eigenvalue weighted by Crippen LogP contribution is 2.34. The van der Waals surface area contributed by atoms with Crippen LogP contribution in [0.1, 0.15) is 32.8 Å². The summed E-state index contributed by atoms with van der Waals surface area (Å²) >= 11 is 10.2. The molecule has 0 N–H and O–H groups in total. The predicted octanol–water partition coefficient (Wildman–Crippen LogP) is 6.20. The first-order chi connectivity index (χ1) is 11.4. The number of hydrogen-bond acceptors (Lipinski definition) is 4. The van der Waals surface area contributed by atoms with Gasteiger partial charge in [0.05, 0.1) is 13.6 Å². The predicted molar refractivity (Wildman–Crippen MR) is 110 cm³/mol. The first kappa shape index (κ1) is 21.5. The zero-order chi connectivity index (χ0) is 17.9. The van der Waals surface area contributed by atoms with Crippen LogP contribution in [-0.2, 0) is 11.3 Å². The minimum Gasteiger partial charge on any atom is -0.489 e. The van der Waals surface area contributed by atoms with Crippen LogP contribution in [-0.4, -0.2) is 25.5 Å². The third-order valence-corrected chi connectivity index (χ3v) is 4.01. The van der Waals surface area contributed by atoms with E-state index in [2.05, 4.69) is 59.9 Å². The van der Waals surface area contributed by atoms with Gasteiger partial charge in [0, 0.05) is 0 Å². The van der Waals surface area contributed by atoms with Crippen molar-refractivity contribution in [2.24, 2.45) is 5.16 Å². The molecule has 0 unspecified atom stereocenters. The number of rotatable bonds is 10. The van der Waals surface area contributed by atoms with Gasteiger partial charge in [0.1, 0.15) is 24.7 Å². The number of hydrogen-bond donors (Lipinski definition) is 0. The van der Waals surface area contributed by atoms with E-state index in [0.29, 0.717) is 19.8 Å². The van der Waals surface area contributed by atoms with Crippen molar-refractivity contribution in [1.82, 2.24) is 0 Å². The van der Waals surface area contributed by atoms with Crippen LogP contribution in [0.2, 0.25) is 0 Å². The van der Waals surface area contributed by atoms with Gasteiger partial charge >= 0.3 is 0 Å². The van der Waals surface area contributed by atoms with Crippen molar-refractivity contribution in [3.63, 3.8) is 0 Å². The summed E-state index contributed by atoms with van der Waals surface area (Å²) in [5.41, 5.74) is 1.99. The van der Waals surface area contributed by atoms with Gasteiger partial charge in [-0.1, -0.05) is 18.5 Å². The second-order valence-corrected chi connectivity index (χ2v) is 8.80. The van der Waals surface area contributed by atoms with Crippen LogP contribution < -0.4 is 9.47 Å². The molecule has 1 rings (SSSR count). The molecule has 1 aromatic rings. The fourth-order valence-corrected chi connectivity index (χ4v) is 2.74. The van der Waals surface area contributed by atoms with E-state index in [1.807, 2.05) is 32.1 Å². The number of halogens is 3. The van der Waals surface area contributed by atoms with Crippen LogP contribution in [0.5, 0.6) is 11.5 Å². The summed E-state index contributed by atoms with van der Waals surface area (Å²) in [7, 11) is 0. The smallest absolute Gasteiger partial charge is 0.151 e. The van der Waals surface area contributed by atoms with Crippen molar-refractivity contribution >= 4 is 53.5 Å². The molecule has 1 aromatic carbocycles. The van der Waals surface area contributed by atoms with Gasteiger partial charge in [0.15, 0.2) is 6.61 Å². The quantitative estimate of drug-likeness (QED) is 0.206. The Morgan fingerprint density at radius 1 is 1.17 bits per heavy atom. The molecule has 0 fully saturated rings. The van der Waals surface area contributed by atoms with Crippen molar-refractivity contribution in [3.8, 4) is 11.5 Å². The maximum Gasteiger partial charge on any atom is 0.151 e. The molecule has 0 atom stereocenters. The summed E-state index contributed by atoms with van der Waals surface area (Å²) in [6.45, 7) is 7.23. The highest BCUT2D eigenvalue weighted by Gasteiger charge is 2.11. The SMILES string of the molecule is CCCc1cc(OCC=C(Br)Br)cc(Br)c1OCCON=C(C)C. The zero-order valence-corrected chi connectivity index (χ0v) is 18.8. The van der Waals surface area contributed by atoms with E-state index in [-0.39, 0.29) is 0 Å². The molecule has 0 aliphatic heterocycles. The van der Waals surface area contributed by atoms with Crippen molar-refractivity contribution in [2.75, 3.05) is 19.8 Å². The van der Waals surface area contributed by atoms with Crippen molar-refractivity contribution < 1.29 is 14.3 Å². The van der Waals surface area contributed by atoms with Crippen LogP contribution in [0.3, 0.4) is 0 Å². The third kappa shape index (κ3) is 8.53. The Balaban J connectivity index is 2.75. The Morgan fingerprint density at radius 2 is 1.92 bits per heavy atom. The minimum absolute atomic E-state index is 0.408. The summed E-state index contributed by atoms with van der Waals surface area (Å²) in [4.78, 5) is 5.16. The average Bonchev–Trinajstić information content (AvgIpc) is 2.48. The molecule has 0 aromatic heterocycles. The molecule has 134 valence electrons. The maximum absolute atomic E-state index is 5.88. The van der Waals surface area contributed by atoms with Crippen molar-refractivity contribution in [2.45, 2.75) is 33.6 Å². The summed E-state index contributed by atoms with van der Waals surface area (Å²) < 4.78 is 13.4. The van der Waals surface area contributed by atoms with Gasteiger partial charge in [-0.15, -0.1) is 0 Å². The minimum atomic E-state index is 0.408. The van der Waals surface area contributed by atoms with E-state index in [1.165, 1.54) is 0 Å². The zero-order valence-electron chi connectivity index (χ0n) is 14.1. The number of ether oxygens (including phenoxy) is 2. The van der Waals surface area contributed by atoms with Crippen LogP contribution in [0.15, 0.2) is 31.2 Å². The first-order valence-electron chi connectivity index (χ1n) is 7.66. The molecule has 0 bridgehead atoms. The molecule has 0 saturated carbocycles. The molecular formula is C17H22Br3NO3. The fourth-order valence-electron chi connectivity index (χ4n) is 1.88. The van der Waals surface area contributed by atoms with E-state index < -0.39 is 0 Å². The highest BCUT2D eigenvalue weighted by molar-refractivity contribution is 9.28. The topological polar surface area (TPSA) is 40.0 Å². The first-order valence-corrected chi connectivity index (χ1v) is 10.0. The van der Waals surface area contributed by atoms with E-state index in [4.69, 9.17) is 14.3 Å². The summed E-state index contributed by atoms with van der Waals surface area (Å²) in [6.07, 6.45) is 3.83. The van der Waals surface area contributed by atoms with E-state index in [9.17, 15) is 0 Å². The number of oxime groups is 1. The lowest BCUT2D eigenvalue weighted by Gasteiger charge is -2.15. The van der Waals surface area contributed by atoms with Gasteiger partial charge in [0.2, 0.25) is 0 Å². The van der Waals surface area contributed by atoms with E-state index in [0.717, 1.165) is 43.5 Å². The maximum atomic E-state index is 5.88. The fraction of sp³-hybridized carbons (Fsp3) is 0.471. The Morgan fingerprint density at radius 3 is 2.54 bits per heavy atom. The van der Waals surface area contributed by atoms with Gasteiger partial charge < -0.3 is 14.3 Å². The summed E-state index contributed by atoms with van der Waals surface area (Å²) in [5, 5.41) is 3.89. The van der Waals surface area contributed by atoms with Gasteiger partial charge in [-0.3, -0.25) is 0 Å². The second-order valence-electron chi connectivity index (χ2n) is 5.17. The van der Waals surface area contributed by atoms with Crippen molar-refractivity contribution in [1.29, 1.82) is 0 Å². The Hall–Kier alpha value is -0.530. The molecule has 0 saturated heterocycles. The number of nitrogens with zero attached hydrogens (tertiary/aromatic N) is 1. The lowest BCUT2D eigenvalue weighted by atomic mass is 10.1. The standard InChI is InChI=1S/C17H22Br3NO3/c1-4-5-13-10-14(22-7-6-16(19)20)11-15(18)17(13)23-8-9-24-21-12(2)3/h6,10-11H,4-5,7-9H2,1-3H3. The van der Waals surface area contributed by atoms with Crippen LogP contribution >= 0.6 is 47.8 Å². The molecule has 0 spiro atoms. The van der Waals surface area contributed by atoms with E-state index >= 15 is 0 Å². The molecule has 4 nitrogen and oxygen atoms in total. The normalized spacial score (nSPS) is 10.1. The second kappa shape index (κ2) is 11.9. The largest absolute Gasteiger partial charge is 0.489 e. The lowest BCUT2D eigenvalue weighted by Crippen LogP contribution is -2.07. The highest BCUT2D eigenvalue weighted by atomic mass is 79.9. The van der Waals surface area contributed by atoms with Gasteiger partial charge in [-0.05, 0) is 91.8 Å². The van der Waals surface area contributed by atoms with E-state index in [1.54, 1.807) is 0 Å². The Labute approximate surface area is 169 Å². The van der Waals surface area contributed by atoms with Crippen molar-refractivity contribution in [3.05, 3.63) is 31.6 Å². The molecular weight excluding hydrogens is 506 g/mol. The number of benzene rings is 1. The van der Waals surface area contributed by atoms with Gasteiger partial charge in [0.25, 0.3) is 0 Å². The van der Waals surface area contributed by atoms with Crippen LogP contribution in [0.25, 0.3) is 0 Å². The van der Waals surface area contributed by atoms with Gasteiger partial charge in [-0.2, -0.15) is 0 Å². The van der Waals surface area contributed by atoms with Gasteiger partial charge in [-0.25, -0.2) is 0 Å². The average molecular weight is 528 g/mol. The summed E-state index contributed by atoms with van der Waals surface area (Å²) in [6, 6.07) is 3.94. The summed E-state index contributed by atoms with van der Waals surface area (Å²) in [5.74, 6) is 1.64. The Bertz CT molecular complexity index is 581. The third-order valence-electron chi connectivity index (χ3n) is 2.77. The van der Waals surface area contributed by atoms with Crippen LogP contribution in [0.4, 0.5) is 0 Å². The van der Waals surface area contributed by atoms with Crippen LogP contribution in [0, 0.1) is 0 Å². The monoisotopic (exact) mass is 525 g/mol. The molecule has 0 amide bonds. The molecule has 0 aliphatic rings. The number of aryl methyl sites for hydroxylation is 1. The molecule has 0 radical (unpaired) electrons. The molecule has 24 heavy (non-hydrogen) atoms. The Kier molecular flexibility index (Phi) is 10.7.